The molecule has 0 aliphatic heterocycles. The van der Waals surface area contributed by atoms with Gasteiger partial charge in [-0.15, -0.1) is 0 Å². The lowest BCUT2D eigenvalue weighted by Gasteiger charge is -2.36. The highest BCUT2D eigenvalue weighted by Gasteiger charge is 2.30. The first kappa shape index (κ1) is 19.3. The van der Waals surface area contributed by atoms with Crippen molar-refractivity contribution in [1.82, 2.24) is 10.6 Å². The maximum Gasteiger partial charge on any atom is 0.251 e. The van der Waals surface area contributed by atoms with Gasteiger partial charge in [-0.1, -0.05) is 23.7 Å². The Morgan fingerprint density at radius 3 is 2.44 bits per heavy atom. The number of hydrogen-bond donors (Lipinski definition) is 3. The number of amides is 2. The number of hydrogen-bond acceptors (Lipinski definition) is 3. The van der Waals surface area contributed by atoms with Crippen molar-refractivity contribution in [3.63, 3.8) is 0 Å². The molecule has 3 rings (SSSR count). The molecule has 0 heterocycles. The Balaban J connectivity index is 1.41. The molecule has 0 radical (unpaired) electrons. The fourth-order valence-corrected chi connectivity index (χ4v) is 3.25. The van der Waals surface area contributed by atoms with Crippen molar-refractivity contribution in [2.45, 2.75) is 38.4 Å². The summed E-state index contributed by atoms with van der Waals surface area (Å²) in [5, 5.41) is 9.27. The third-order valence-electron chi connectivity index (χ3n) is 4.47. The van der Waals surface area contributed by atoms with Crippen molar-refractivity contribution in [3.05, 3.63) is 64.4 Å². The molecule has 1 fully saturated rings. The van der Waals surface area contributed by atoms with Crippen molar-refractivity contribution in [3.8, 4) is 0 Å². The molecular formula is C20H21ClFN3O2. The second-order valence-electron chi connectivity index (χ2n) is 6.76. The van der Waals surface area contributed by atoms with Crippen LogP contribution in [0.5, 0.6) is 0 Å². The van der Waals surface area contributed by atoms with Crippen LogP contribution in [0.25, 0.3) is 0 Å². The van der Waals surface area contributed by atoms with E-state index in [1.54, 1.807) is 0 Å². The van der Waals surface area contributed by atoms with Gasteiger partial charge >= 0.3 is 0 Å². The molecule has 0 atom stereocenters. The number of nitrogens with one attached hydrogen (secondary N) is 3. The minimum absolute atomic E-state index is 0.0687. The summed E-state index contributed by atoms with van der Waals surface area (Å²) in [4.78, 5) is 23.2. The van der Waals surface area contributed by atoms with Gasteiger partial charge in [0.2, 0.25) is 5.91 Å². The molecule has 1 saturated carbocycles. The Hall–Kier alpha value is -2.44. The standard InChI is InChI=1S/C20H21ClFN3O2/c1-12(26)24-17-4-2-13(3-5-17)11-23-18-9-19(10-18)25-20(27)14-6-15(21)8-16(22)7-14/h2-8,18-19,23H,9-11H2,1H3,(H,24,26)(H,25,27)/t18-,19+. The molecule has 2 aromatic carbocycles. The molecule has 3 N–H and O–H groups in total. The van der Waals surface area contributed by atoms with E-state index in [-0.39, 0.29) is 28.4 Å². The number of anilines is 1. The van der Waals surface area contributed by atoms with E-state index >= 15 is 0 Å². The quantitative estimate of drug-likeness (QED) is 0.708. The van der Waals surface area contributed by atoms with Gasteiger partial charge < -0.3 is 16.0 Å². The maximum atomic E-state index is 13.3. The van der Waals surface area contributed by atoms with Gasteiger partial charge in [0.15, 0.2) is 0 Å². The van der Waals surface area contributed by atoms with Gasteiger partial charge in [0, 0.05) is 41.8 Å². The van der Waals surface area contributed by atoms with E-state index < -0.39 is 5.82 Å². The van der Waals surface area contributed by atoms with E-state index in [1.807, 2.05) is 24.3 Å². The minimum Gasteiger partial charge on any atom is -0.349 e. The zero-order valence-electron chi connectivity index (χ0n) is 14.9. The lowest BCUT2D eigenvalue weighted by molar-refractivity contribution is -0.114. The van der Waals surface area contributed by atoms with Crippen molar-refractivity contribution < 1.29 is 14.0 Å². The first-order chi connectivity index (χ1) is 12.9. The summed E-state index contributed by atoms with van der Waals surface area (Å²) in [5.41, 5.74) is 2.12. The van der Waals surface area contributed by atoms with Crippen molar-refractivity contribution in [1.29, 1.82) is 0 Å². The van der Waals surface area contributed by atoms with Crippen LogP contribution in [0.4, 0.5) is 10.1 Å². The minimum atomic E-state index is -0.523. The van der Waals surface area contributed by atoms with E-state index in [0.717, 1.165) is 24.1 Å². The van der Waals surface area contributed by atoms with E-state index in [9.17, 15) is 14.0 Å². The zero-order valence-corrected chi connectivity index (χ0v) is 15.6. The largest absolute Gasteiger partial charge is 0.349 e. The third-order valence-corrected chi connectivity index (χ3v) is 4.69. The molecule has 0 bridgehead atoms. The number of benzene rings is 2. The molecular weight excluding hydrogens is 369 g/mol. The van der Waals surface area contributed by atoms with E-state index in [1.165, 1.54) is 25.1 Å². The Kier molecular flexibility index (Phi) is 6.08. The fraction of sp³-hybridized carbons (Fsp3) is 0.300. The summed E-state index contributed by atoms with van der Waals surface area (Å²) in [7, 11) is 0. The van der Waals surface area contributed by atoms with Crippen LogP contribution in [-0.4, -0.2) is 23.9 Å². The lowest BCUT2D eigenvalue weighted by atomic mass is 9.86. The number of carbonyl (C=O) groups excluding carboxylic acids is 2. The van der Waals surface area contributed by atoms with Gasteiger partial charge in [-0.3, -0.25) is 9.59 Å². The average Bonchev–Trinajstić information content (AvgIpc) is 2.56. The van der Waals surface area contributed by atoms with Gasteiger partial charge in [0.05, 0.1) is 0 Å². The van der Waals surface area contributed by atoms with Crippen LogP contribution in [-0.2, 0) is 11.3 Å². The van der Waals surface area contributed by atoms with Crippen LogP contribution < -0.4 is 16.0 Å². The van der Waals surface area contributed by atoms with Gasteiger partial charge in [-0.05, 0) is 48.7 Å². The SMILES string of the molecule is CC(=O)Nc1ccc(CN[C@H]2C[C@@H](NC(=O)c3cc(F)cc(Cl)c3)C2)cc1. The zero-order chi connectivity index (χ0) is 19.4. The molecule has 5 nitrogen and oxygen atoms in total. The number of halogens is 2. The Labute approximate surface area is 162 Å². The Morgan fingerprint density at radius 1 is 1.11 bits per heavy atom. The van der Waals surface area contributed by atoms with Gasteiger partial charge in [-0.2, -0.15) is 0 Å². The second kappa shape index (κ2) is 8.50. The second-order valence-corrected chi connectivity index (χ2v) is 7.19. The van der Waals surface area contributed by atoms with E-state index in [4.69, 9.17) is 11.6 Å². The highest BCUT2D eigenvalue weighted by Crippen LogP contribution is 2.22. The molecule has 0 spiro atoms. The predicted octanol–water partition coefficient (Wildman–Crippen LogP) is 3.49. The number of rotatable bonds is 6. The van der Waals surface area contributed by atoms with Crippen LogP contribution in [0.15, 0.2) is 42.5 Å². The third kappa shape index (κ3) is 5.52. The van der Waals surface area contributed by atoms with Crippen LogP contribution >= 0.6 is 11.6 Å². The summed E-state index contributed by atoms with van der Waals surface area (Å²) in [5.74, 6) is -0.928. The molecule has 2 amide bonds. The molecule has 142 valence electrons. The summed E-state index contributed by atoms with van der Waals surface area (Å²) in [6.45, 7) is 2.19. The van der Waals surface area contributed by atoms with Crippen LogP contribution in [0, 0.1) is 5.82 Å². The molecule has 27 heavy (non-hydrogen) atoms. The van der Waals surface area contributed by atoms with Crippen LogP contribution in [0.2, 0.25) is 5.02 Å². The topological polar surface area (TPSA) is 70.2 Å². The van der Waals surface area contributed by atoms with E-state index in [0.29, 0.717) is 12.6 Å². The summed E-state index contributed by atoms with van der Waals surface area (Å²) < 4.78 is 13.3. The fourth-order valence-electron chi connectivity index (χ4n) is 3.03. The molecule has 7 heteroatoms. The summed E-state index contributed by atoms with van der Waals surface area (Å²) in [6, 6.07) is 11.9. The van der Waals surface area contributed by atoms with E-state index in [2.05, 4.69) is 16.0 Å². The summed E-state index contributed by atoms with van der Waals surface area (Å²) in [6.07, 6.45) is 1.64. The van der Waals surface area contributed by atoms with Crippen LogP contribution in [0.1, 0.15) is 35.7 Å². The highest BCUT2D eigenvalue weighted by molar-refractivity contribution is 6.31. The van der Waals surface area contributed by atoms with Gasteiger partial charge in [0.25, 0.3) is 5.91 Å². The molecule has 1 aliphatic carbocycles. The van der Waals surface area contributed by atoms with Crippen molar-refractivity contribution in [2.75, 3.05) is 5.32 Å². The Morgan fingerprint density at radius 2 is 1.81 bits per heavy atom. The summed E-state index contributed by atoms with van der Waals surface area (Å²) >= 11 is 5.79. The molecule has 0 unspecified atom stereocenters. The van der Waals surface area contributed by atoms with Crippen molar-refractivity contribution >= 4 is 29.1 Å². The monoisotopic (exact) mass is 389 g/mol. The molecule has 1 aliphatic rings. The molecule has 0 saturated heterocycles. The van der Waals surface area contributed by atoms with Crippen LogP contribution in [0.3, 0.4) is 0 Å². The first-order valence-electron chi connectivity index (χ1n) is 8.76. The maximum absolute atomic E-state index is 13.3. The predicted molar refractivity (Wildman–Crippen MR) is 103 cm³/mol. The molecule has 2 aromatic rings. The van der Waals surface area contributed by atoms with Gasteiger partial charge in [0.1, 0.15) is 5.82 Å². The molecule has 0 aromatic heterocycles. The normalized spacial score (nSPS) is 18.5. The Bertz CT molecular complexity index is 815. The lowest BCUT2D eigenvalue weighted by Crippen LogP contribution is -2.52. The average molecular weight is 390 g/mol. The van der Waals surface area contributed by atoms with Crippen molar-refractivity contribution in [2.24, 2.45) is 0 Å². The first-order valence-corrected chi connectivity index (χ1v) is 9.14. The highest BCUT2D eigenvalue weighted by atomic mass is 35.5. The smallest absolute Gasteiger partial charge is 0.251 e. The van der Waals surface area contributed by atoms with Gasteiger partial charge in [-0.25, -0.2) is 4.39 Å². The number of carbonyl (C=O) groups is 2.